The number of amides is 1. The minimum atomic E-state index is -1.21. The van der Waals surface area contributed by atoms with Crippen molar-refractivity contribution >= 4 is 27.8 Å². The zero-order valence-electron chi connectivity index (χ0n) is 9.72. The third-order valence-electron chi connectivity index (χ3n) is 3.00. The molecule has 0 bridgehead atoms. The number of rotatable bonds is 2. The number of halogens is 2. The van der Waals surface area contributed by atoms with Crippen LogP contribution in [0.15, 0.2) is 22.7 Å². The van der Waals surface area contributed by atoms with E-state index in [1.807, 2.05) is 0 Å². The molecule has 1 aliphatic rings. The Labute approximate surface area is 116 Å². The van der Waals surface area contributed by atoms with Crippen molar-refractivity contribution < 1.29 is 24.2 Å². The molecule has 1 aromatic carbocycles. The molecule has 7 heteroatoms. The number of likely N-dealkylation sites (tertiary alicyclic amines) is 1. The number of carboxylic acid groups (broad SMARTS) is 1. The third kappa shape index (κ3) is 2.62. The summed E-state index contributed by atoms with van der Waals surface area (Å²) in [7, 11) is 0. The maximum Gasteiger partial charge on any atom is 0.326 e. The number of nitrogens with zero attached hydrogens (tertiary/aromatic N) is 1. The summed E-state index contributed by atoms with van der Waals surface area (Å²) in [5.41, 5.74) is -0.220. The molecule has 1 aliphatic heterocycles. The molecule has 2 rings (SSSR count). The van der Waals surface area contributed by atoms with Gasteiger partial charge in [0.05, 0.1) is 11.7 Å². The second-order valence-corrected chi connectivity index (χ2v) is 5.15. The minimum absolute atomic E-state index is 0.0485. The fraction of sp³-hybridized carbons (Fsp3) is 0.333. The van der Waals surface area contributed by atoms with Gasteiger partial charge < -0.3 is 15.1 Å². The monoisotopic (exact) mass is 331 g/mol. The fourth-order valence-electron chi connectivity index (χ4n) is 2.12. The van der Waals surface area contributed by atoms with Gasteiger partial charge in [0.15, 0.2) is 0 Å². The summed E-state index contributed by atoms with van der Waals surface area (Å²) in [6.07, 6.45) is -0.955. The van der Waals surface area contributed by atoms with E-state index in [2.05, 4.69) is 15.9 Å². The first-order valence-corrected chi connectivity index (χ1v) is 6.37. The molecule has 0 aliphatic carbocycles. The summed E-state index contributed by atoms with van der Waals surface area (Å²) >= 11 is 3.07. The van der Waals surface area contributed by atoms with Gasteiger partial charge in [-0.25, -0.2) is 9.18 Å². The third-order valence-corrected chi connectivity index (χ3v) is 3.66. The highest BCUT2D eigenvalue weighted by molar-refractivity contribution is 9.10. The molecule has 5 nitrogen and oxygen atoms in total. The standard InChI is InChI=1S/C12H11BrFNO4/c13-7-2-1-3-8(14)10(7)11(17)15-5-6(16)4-9(15)12(18)19/h1-3,6,9,16H,4-5H2,(H,18,19)/t6-,9-/m0/s1. The van der Waals surface area contributed by atoms with Crippen LogP contribution in [0.4, 0.5) is 4.39 Å². The van der Waals surface area contributed by atoms with Gasteiger partial charge in [0.25, 0.3) is 5.91 Å². The summed E-state index contributed by atoms with van der Waals surface area (Å²) in [6.45, 7) is -0.115. The minimum Gasteiger partial charge on any atom is -0.480 e. The molecule has 1 heterocycles. The van der Waals surface area contributed by atoms with Crippen molar-refractivity contribution in [3.63, 3.8) is 0 Å². The van der Waals surface area contributed by atoms with E-state index in [1.165, 1.54) is 12.1 Å². The molecule has 0 radical (unpaired) electrons. The Bertz CT molecular complexity index is 516. The summed E-state index contributed by atoms with van der Waals surface area (Å²) in [5, 5.41) is 18.5. The Morgan fingerprint density at radius 1 is 1.42 bits per heavy atom. The molecule has 102 valence electrons. The average molecular weight is 332 g/mol. The number of aliphatic carboxylic acids is 1. The van der Waals surface area contributed by atoms with Gasteiger partial charge in [0.1, 0.15) is 11.9 Å². The lowest BCUT2D eigenvalue weighted by atomic mass is 10.1. The number of aliphatic hydroxyl groups excluding tert-OH is 1. The highest BCUT2D eigenvalue weighted by Crippen LogP contribution is 2.26. The fourth-order valence-corrected chi connectivity index (χ4v) is 2.63. The van der Waals surface area contributed by atoms with Gasteiger partial charge in [-0.15, -0.1) is 0 Å². The van der Waals surface area contributed by atoms with Crippen LogP contribution < -0.4 is 0 Å². The number of benzene rings is 1. The molecule has 1 aromatic rings. The van der Waals surface area contributed by atoms with Crippen LogP contribution in [0.2, 0.25) is 0 Å². The number of carbonyl (C=O) groups excluding carboxylic acids is 1. The zero-order chi connectivity index (χ0) is 14.2. The van der Waals surface area contributed by atoms with E-state index in [0.717, 1.165) is 11.0 Å². The smallest absolute Gasteiger partial charge is 0.326 e. The van der Waals surface area contributed by atoms with Gasteiger partial charge in [-0.05, 0) is 28.1 Å². The first-order valence-electron chi connectivity index (χ1n) is 5.57. The molecular formula is C12H11BrFNO4. The first kappa shape index (κ1) is 14.0. The Kier molecular flexibility index (Phi) is 3.86. The first-order chi connectivity index (χ1) is 8.91. The Morgan fingerprint density at radius 3 is 2.68 bits per heavy atom. The predicted octanol–water partition coefficient (Wildman–Crippen LogP) is 1.25. The Morgan fingerprint density at radius 2 is 2.11 bits per heavy atom. The van der Waals surface area contributed by atoms with Crippen LogP contribution >= 0.6 is 15.9 Å². The number of aliphatic hydroxyl groups is 1. The van der Waals surface area contributed by atoms with E-state index in [-0.39, 0.29) is 23.0 Å². The van der Waals surface area contributed by atoms with Crippen LogP contribution in [0.1, 0.15) is 16.8 Å². The van der Waals surface area contributed by atoms with E-state index in [1.54, 1.807) is 0 Å². The SMILES string of the molecule is O=C(O)[C@@H]1C[C@H](O)CN1C(=O)c1c(F)cccc1Br. The van der Waals surface area contributed by atoms with Crippen LogP contribution in [0.5, 0.6) is 0 Å². The lowest BCUT2D eigenvalue weighted by Crippen LogP contribution is -2.41. The quantitative estimate of drug-likeness (QED) is 0.854. The van der Waals surface area contributed by atoms with Gasteiger partial charge in [0, 0.05) is 17.4 Å². The second kappa shape index (κ2) is 5.26. The lowest BCUT2D eigenvalue weighted by molar-refractivity contribution is -0.141. The van der Waals surface area contributed by atoms with Gasteiger partial charge >= 0.3 is 5.97 Å². The van der Waals surface area contributed by atoms with E-state index in [4.69, 9.17) is 5.11 Å². The van der Waals surface area contributed by atoms with Crippen molar-refractivity contribution in [3.05, 3.63) is 34.1 Å². The van der Waals surface area contributed by atoms with Crippen LogP contribution in [-0.4, -0.2) is 45.7 Å². The topological polar surface area (TPSA) is 77.8 Å². The molecular weight excluding hydrogens is 321 g/mol. The molecule has 0 unspecified atom stereocenters. The highest BCUT2D eigenvalue weighted by Gasteiger charge is 2.40. The average Bonchev–Trinajstić information content (AvgIpc) is 2.71. The summed E-state index contributed by atoms with van der Waals surface area (Å²) in [4.78, 5) is 24.3. The Hall–Kier alpha value is -1.47. The molecule has 2 atom stereocenters. The molecule has 2 N–H and O–H groups in total. The number of carbonyl (C=O) groups is 2. The highest BCUT2D eigenvalue weighted by atomic mass is 79.9. The van der Waals surface area contributed by atoms with Gasteiger partial charge in [0.2, 0.25) is 0 Å². The van der Waals surface area contributed by atoms with Crippen molar-refractivity contribution in [3.8, 4) is 0 Å². The predicted molar refractivity (Wildman–Crippen MR) is 67.2 cm³/mol. The van der Waals surface area contributed by atoms with Gasteiger partial charge in [-0.2, -0.15) is 0 Å². The van der Waals surface area contributed by atoms with Gasteiger partial charge in [-0.1, -0.05) is 6.07 Å². The van der Waals surface area contributed by atoms with E-state index < -0.39 is 29.8 Å². The van der Waals surface area contributed by atoms with Crippen LogP contribution in [0.3, 0.4) is 0 Å². The normalized spacial score (nSPS) is 22.6. The van der Waals surface area contributed by atoms with E-state index >= 15 is 0 Å². The van der Waals surface area contributed by atoms with E-state index in [9.17, 15) is 19.1 Å². The summed E-state index contributed by atoms with van der Waals surface area (Å²) in [5.74, 6) is -2.68. The molecule has 1 amide bonds. The second-order valence-electron chi connectivity index (χ2n) is 4.30. The number of β-amino-alcohol motifs (C(OH)–C–C–N with tert-alkyl or cyclic N) is 1. The van der Waals surface area contributed by atoms with Crippen LogP contribution in [0.25, 0.3) is 0 Å². The molecule has 0 saturated carbocycles. The van der Waals surface area contributed by atoms with Crippen molar-refractivity contribution in [1.82, 2.24) is 4.90 Å². The largest absolute Gasteiger partial charge is 0.480 e. The Balaban J connectivity index is 2.36. The number of hydrogen-bond donors (Lipinski definition) is 2. The van der Waals surface area contributed by atoms with Crippen LogP contribution in [-0.2, 0) is 4.79 Å². The maximum absolute atomic E-state index is 13.7. The molecule has 0 aromatic heterocycles. The van der Waals surface area contributed by atoms with E-state index in [0.29, 0.717) is 0 Å². The zero-order valence-corrected chi connectivity index (χ0v) is 11.3. The number of carboxylic acids is 1. The summed E-state index contributed by atoms with van der Waals surface area (Å²) < 4.78 is 13.9. The molecule has 1 saturated heterocycles. The number of hydrogen-bond acceptors (Lipinski definition) is 3. The molecule has 19 heavy (non-hydrogen) atoms. The van der Waals surface area contributed by atoms with Crippen molar-refractivity contribution in [1.29, 1.82) is 0 Å². The van der Waals surface area contributed by atoms with Crippen molar-refractivity contribution in [2.24, 2.45) is 0 Å². The lowest BCUT2D eigenvalue weighted by Gasteiger charge is -2.21. The van der Waals surface area contributed by atoms with Crippen molar-refractivity contribution in [2.75, 3.05) is 6.54 Å². The van der Waals surface area contributed by atoms with Gasteiger partial charge in [-0.3, -0.25) is 4.79 Å². The molecule has 1 fully saturated rings. The maximum atomic E-state index is 13.7. The summed E-state index contributed by atoms with van der Waals surface area (Å²) in [6, 6.07) is 2.93. The van der Waals surface area contributed by atoms with Crippen LogP contribution in [0, 0.1) is 5.82 Å². The molecule has 0 spiro atoms. The van der Waals surface area contributed by atoms with Crippen molar-refractivity contribution in [2.45, 2.75) is 18.6 Å².